The summed E-state index contributed by atoms with van der Waals surface area (Å²) in [5, 5.41) is 7.07. The molecule has 1 aliphatic carbocycles. The number of benzene rings is 2. The molecule has 0 radical (unpaired) electrons. The number of carbonyl (C=O) groups excluding carboxylic acids is 1. The van der Waals surface area contributed by atoms with E-state index in [-0.39, 0.29) is 5.69 Å². The minimum Gasteiger partial charge on any atom is -0.356 e. The second-order valence-corrected chi connectivity index (χ2v) is 6.68. The molecule has 1 heterocycles. The Hall–Kier alpha value is -2.73. The minimum absolute atomic E-state index is 0.192. The molecule has 4 nitrogen and oxygen atoms in total. The zero-order chi connectivity index (χ0) is 18.3. The molecule has 4 rings (SSSR count). The van der Waals surface area contributed by atoms with Crippen molar-refractivity contribution in [1.29, 1.82) is 0 Å². The summed E-state index contributed by atoms with van der Waals surface area (Å²) in [7, 11) is 0. The van der Waals surface area contributed by atoms with Gasteiger partial charge >= 0.3 is 0 Å². The molecule has 0 spiro atoms. The van der Waals surface area contributed by atoms with Gasteiger partial charge in [-0.05, 0) is 49.2 Å². The van der Waals surface area contributed by atoms with E-state index in [9.17, 15) is 13.6 Å². The van der Waals surface area contributed by atoms with Crippen molar-refractivity contribution >= 4 is 23.2 Å². The molecular formula is C19H13ClF2N2O2. The number of amides is 1. The number of rotatable bonds is 4. The summed E-state index contributed by atoms with van der Waals surface area (Å²) in [6.07, 6.45) is 1.12. The average molecular weight is 375 g/mol. The Labute approximate surface area is 152 Å². The van der Waals surface area contributed by atoms with Crippen LogP contribution in [0.2, 0.25) is 5.02 Å². The van der Waals surface area contributed by atoms with Gasteiger partial charge in [-0.1, -0.05) is 16.8 Å². The van der Waals surface area contributed by atoms with Crippen LogP contribution in [0.3, 0.4) is 0 Å². The normalized spacial score (nSPS) is 14.9. The average Bonchev–Trinajstić information content (AvgIpc) is 3.29. The fourth-order valence-electron chi connectivity index (χ4n) is 2.81. The van der Waals surface area contributed by atoms with E-state index in [1.807, 2.05) is 0 Å². The topological polar surface area (TPSA) is 55.1 Å². The first-order valence-corrected chi connectivity index (χ1v) is 8.35. The Bertz CT molecular complexity index is 981. The summed E-state index contributed by atoms with van der Waals surface area (Å²) in [6, 6.07) is 11.6. The monoisotopic (exact) mass is 374 g/mol. The van der Waals surface area contributed by atoms with Crippen LogP contribution < -0.4 is 5.32 Å². The van der Waals surface area contributed by atoms with E-state index >= 15 is 0 Å². The number of nitrogens with zero attached hydrogens (tertiary/aromatic N) is 1. The van der Waals surface area contributed by atoms with E-state index in [4.69, 9.17) is 16.1 Å². The highest BCUT2D eigenvalue weighted by molar-refractivity contribution is 6.30. The number of anilines is 1. The standard InChI is InChI=1S/C19H13ClF2N2O2/c20-12-3-1-11(2-4-12)16-10-17(24-26-16)19(7-8-19)18(25)23-15-9-13(21)5-6-14(15)22/h1-6,9-10H,7-8H2,(H,23,25). The molecule has 1 aromatic heterocycles. The van der Waals surface area contributed by atoms with Crippen LogP contribution in [0.25, 0.3) is 11.3 Å². The summed E-state index contributed by atoms with van der Waals surface area (Å²) in [5.41, 5.74) is 0.174. The SMILES string of the molecule is O=C(Nc1cc(F)ccc1F)C1(c2cc(-c3ccc(Cl)cc3)on2)CC1. The van der Waals surface area contributed by atoms with Gasteiger partial charge in [0.15, 0.2) is 5.76 Å². The molecule has 132 valence electrons. The molecule has 3 aromatic rings. The van der Waals surface area contributed by atoms with Gasteiger partial charge in [0.25, 0.3) is 0 Å². The molecule has 26 heavy (non-hydrogen) atoms. The van der Waals surface area contributed by atoms with Gasteiger partial charge in [-0.3, -0.25) is 4.79 Å². The van der Waals surface area contributed by atoms with Crippen molar-refractivity contribution in [3.05, 3.63) is 70.9 Å². The van der Waals surface area contributed by atoms with Gasteiger partial charge < -0.3 is 9.84 Å². The number of halogens is 3. The van der Waals surface area contributed by atoms with Crippen LogP contribution >= 0.6 is 11.6 Å². The maximum Gasteiger partial charge on any atom is 0.236 e. The van der Waals surface area contributed by atoms with Crippen LogP contribution in [0, 0.1) is 11.6 Å². The first kappa shape index (κ1) is 16.7. The Morgan fingerprint density at radius 3 is 2.54 bits per heavy atom. The van der Waals surface area contributed by atoms with Crippen LogP contribution in [0.5, 0.6) is 0 Å². The Morgan fingerprint density at radius 2 is 1.85 bits per heavy atom. The largest absolute Gasteiger partial charge is 0.356 e. The van der Waals surface area contributed by atoms with E-state index in [1.54, 1.807) is 30.3 Å². The number of nitrogens with one attached hydrogen (secondary N) is 1. The lowest BCUT2D eigenvalue weighted by Gasteiger charge is -2.13. The van der Waals surface area contributed by atoms with E-state index in [0.29, 0.717) is 29.3 Å². The van der Waals surface area contributed by atoms with Crippen LogP contribution in [0.1, 0.15) is 18.5 Å². The van der Waals surface area contributed by atoms with Crippen LogP contribution in [0.15, 0.2) is 53.1 Å². The first-order valence-electron chi connectivity index (χ1n) is 7.98. The summed E-state index contributed by atoms with van der Waals surface area (Å²) in [5.74, 6) is -1.25. The molecule has 2 aromatic carbocycles. The van der Waals surface area contributed by atoms with Crippen LogP contribution in [0.4, 0.5) is 14.5 Å². The number of aromatic nitrogens is 1. The number of hydrogen-bond acceptors (Lipinski definition) is 3. The highest BCUT2D eigenvalue weighted by Gasteiger charge is 2.54. The molecule has 0 unspecified atom stereocenters. The quantitative estimate of drug-likeness (QED) is 0.703. The maximum atomic E-state index is 13.8. The predicted molar refractivity (Wildman–Crippen MR) is 92.8 cm³/mol. The van der Waals surface area contributed by atoms with Gasteiger partial charge in [0.1, 0.15) is 11.6 Å². The lowest BCUT2D eigenvalue weighted by Crippen LogP contribution is -2.28. The molecule has 0 bridgehead atoms. The summed E-state index contributed by atoms with van der Waals surface area (Å²) < 4.78 is 32.4. The Morgan fingerprint density at radius 1 is 1.12 bits per heavy atom. The number of carbonyl (C=O) groups is 1. The molecule has 0 atom stereocenters. The van der Waals surface area contributed by atoms with Crippen LogP contribution in [-0.2, 0) is 10.2 Å². The molecule has 1 saturated carbocycles. The van der Waals surface area contributed by atoms with Crippen molar-refractivity contribution in [2.24, 2.45) is 0 Å². The minimum atomic E-state index is -0.882. The van der Waals surface area contributed by atoms with Gasteiger partial charge in [-0.25, -0.2) is 8.78 Å². The molecule has 0 saturated heterocycles. The maximum absolute atomic E-state index is 13.8. The summed E-state index contributed by atoms with van der Waals surface area (Å²) in [4.78, 5) is 12.7. The molecule has 1 aliphatic rings. The van der Waals surface area contributed by atoms with Crippen molar-refractivity contribution in [2.75, 3.05) is 5.32 Å². The highest BCUT2D eigenvalue weighted by Crippen LogP contribution is 2.49. The van der Waals surface area contributed by atoms with E-state index in [2.05, 4.69) is 10.5 Å². The number of hydrogen-bond donors (Lipinski definition) is 1. The van der Waals surface area contributed by atoms with Gasteiger partial charge in [0.2, 0.25) is 5.91 Å². The van der Waals surface area contributed by atoms with E-state index < -0.39 is 23.0 Å². The predicted octanol–water partition coefficient (Wildman–Crippen LogP) is 4.94. The zero-order valence-corrected chi connectivity index (χ0v) is 14.2. The van der Waals surface area contributed by atoms with Crippen molar-refractivity contribution in [3.63, 3.8) is 0 Å². The summed E-state index contributed by atoms with van der Waals surface area (Å²) >= 11 is 5.87. The zero-order valence-electron chi connectivity index (χ0n) is 13.4. The first-order chi connectivity index (χ1) is 12.5. The van der Waals surface area contributed by atoms with Crippen LogP contribution in [-0.4, -0.2) is 11.1 Å². The Kier molecular flexibility index (Phi) is 4.00. The van der Waals surface area contributed by atoms with Gasteiger partial charge in [-0.15, -0.1) is 0 Å². The van der Waals surface area contributed by atoms with Gasteiger partial charge in [0.05, 0.1) is 16.8 Å². The third kappa shape index (κ3) is 2.97. The molecular weight excluding hydrogens is 362 g/mol. The second-order valence-electron chi connectivity index (χ2n) is 6.24. The molecule has 1 amide bonds. The second kappa shape index (κ2) is 6.21. The smallest absolute Gasteiger partial charge is 0.236 e. The fourth-order valence-corrected chi connectivity index (χ4v) is 2.94. The van der Waals surface area contributed by atoms with E-state index in [1.165, 1.54) is 0 Å². The third-order valence-corrected chi connectivity index (χ3v) is 4.74. The molecule has 1 fully saturated rings. The Balaban J connectivity index is 1.58. The van der Waals surface area contributed by atoms with Crippen molar-refractivity contribution < 1.29 is 18.1 Å². The van der Waals surface area contributed by atoms with Gasteiger partial charge in [0, 0.05) is 22.7 Å². The molecule has 1 N–H and O–H groups in total. The molecule has 0 aliphatic heterocycles. The lowest BCUT2D eigenvalue weighted by atomic mass is 10.00. The van der Waals surface area contributed by atoms with Crippen molar-refractivity contribution in [1.82, 2.24) is 5.16 Å². The van der Waals surface area contributed by atoms with Crippen molar-refractivity contribution in [2.45, 2.75) is 18.3 Å². The lowest BCUT2D eigenvalue weighted by molar-refractivity contribution is -0.118. The molecule has 7 heteroatoms. The highest BCUT2D eigenvalue weighted by atomic mass is 35.5. The third-order valence-electron chi connectivity index (χ3n) is 4.49. The summed E-state index contributed by atoms with van der Waals surface area (Å²) in [6.45, 7) is 0. The van der Waals surface area contributed by atoms with E-state index in [0.717, 1.165) is 23.8 Å². The fraction of sp³-hybridized carbons (Fsp3) is 0.158. The van der Waals surface area contributed by atoms with Crippen molar-refractivity contribution in [3.8, 4) is 11.3 Å². The van der Waals surface area contributed by atoms with Gasteiger partial charge in [-0.2, -0.15) is 0 Å².